The van der Waals surface area contributed by atoms with Gasteiger partial charge in [-0.1, -0.05) is 78.9 Å². The van der Waals surface area contributed by atoms with Crippen LogP contribution in [0, 0.1) is 22.7 Å². The number of benzene rings is 6. The van der Waals surface area contributed by atoms with Gasteiger partial charge < -0.3 is 9.13 Å². The second-order valence-corrected chi connectivity index (χ2v) is 10.4. The molecule has 0 bridgehead atoms. The lowest BCUT2D eigenvalue weighted by Gasteiger charge is -2.13. The number of hydrogen-bond donors (Lipinski definition) is 0. The van der Waals surface area contributed by atoms with Crippen molar-refractivity contribution in [3.05, 3.63) is 145 Å². The highest BCUT2D eigenvalue weighted by atomic mass is 15.0. The van der Waals surface area contributed by atoms with Crippen molar-refractivity contribution in [3.8, 4) is 34.6 Å². The van der Waals surface area contributed by atoms with Crippen LogP contribution in [0.5, 0.6) is 0 Å². The summed E-state index contributed by atoms with van der Waals surface area (Å²) in [6, 6.07) is 50.1. The SMILES string of the molecule is N#Cc1cccc(C#N)c1-c1cccc(-n2c3ccccc3c3ccc4c(c5ccccc5n4-c4ccccc4)c32)c1. The zero-order valence-corrected chi connectivity index (χ0v) is 22.5. The molecular formula is C38H22N4. The maximum atomic E-state index is 9.88. The molecule has 4 nitrogen and oxygen atoms in total. The molecule has 8 rings (SSSR count). The van der Waals surface area contributed by atoms with Gasteiger partial charge in [0.1, 0.15) is 0 Å². The molecule has 0 saturated carbocycles. The molecule has 0 atom stereocenters. The maximum Gasteiger partial charge on any atom is 0.0998 e. The molecule has 0 amide bonds. The first-order chi connectivity index (χ1) is 20.8. The third-order valence-corrected chi connectivity index (χ3v) is 8.18. The van der Waals surface area contributed by atoms with Crippen LogP contribution in [0.1, 0.15) is 11.1 Å². The molecule has 4 heteroatoms. The number of fused-ring (bicyclic) bond motifs is 7. The average molecular weight is 535 g/mol. The monoisotopic (exact) mass is 534 g/mol. The van der Waals surface area contributed by atoms with E-state index in [0.29, 0.717) is 16.7 Å². The highest BCUT2D eigenvalue weighted by molar-refractivity contribution is 6.26. The topological polar surface area (TPSA) is 57.4 Å². The molecule has 0 aliphatic carbocycles. The van der Waals surface area contributed by atoms with Crippen molar-refractivity contribution in [2.75, 3.05) is 0 Å². The van der Waals surface area contributed by atoms with Crippen LogP contribution in [-0.4, -0.2) is 9.13 Å². The van der Waals surface area contributed by atoms with Crippen LogP contribution in [0.2, 0.25) is 0 Å². The fourth-order valence-electron chi connectivity index (χ4n) is 6.48. The Labute approximate surface area is 242 Å². The summed E-state index contributed by atoms with van der Waals surface area (Å²) < 4.78 is 4.67. The first-order valence-corrected chi connectivity index (χ1v) is 13.8. The van der Waals surface area contributed by atoms with Crippen molar-refractivity contribution in [3.63, 3.8) is 0 Å². The van der Waals surface area contributed by atoms with Crippen LogP contribution < -0.4 is 0 Å². The number of hydrogen-bond acceptors (Lipinski definition) is 2. The molecule has 2 aromatic heterocycles. The van der Waals surface area contributed by atoms with Crippen molar-refractivity contribution in [1.29, 1.82) is 10.5 Å². The summed E-state index contributed by atoms with van der Waals surface area (Å²) in [5.74, 6) is 0. The number of nitrogens with zero attached hydrogens (tertiary/aromatic N) is 4. The Morgan fingerprint density at radius 3 is 1.81 bits per heavy atom. The second-order valence-electron chi connectivity index (χ2n) is 10.4. The van der Waals surface area contributed by atoms with E-state index in [-0.39, 0.29) is 0 Å². The fraction of sp³-hybridized carbons (Fsp3) is 0. The largest absolute Gasteiger partial charge is 0.309 e. The summed E-state index contributed by atoms with van der Waals surface area (Å²) in [7, 11) is 0. The molecule has 194 valence electrons. The zero-order valence-electron chi connectivity index (χ0n) is 22.5. The van der Waals surface area contributed by atoms with Gasteiger partial charge in [-0.25, -0.2) is 0 Å². The lowest BCUT2D eigenvalue weighted by molar-refractivity contribution is 1.17. The minimum atomic E-state index is 0.488. The van der Waals surface area contributed by atoms with E-state index in [4.69, 9.17) is 0 Å². The minimum absolute atomic E-state index is 0.488. The molecule has 42 heavy (non-hydrogen) atoms. The van der Waals surface area contributed by atoms with E-state index in [1.165, 1.54) is 21.5 Å². The highest BCUT2D eigenvalue weighted by Crippen LogP contribution is 2.42. The van der Waals surface area contributed by atoms with Crippen LogP contribution in [0.3, 0.4) is 0 Å². The Hall–Kier alpha value is -6.10. The van der Waals surface area contributed by atoms with E-state index in [9.17, 15) is 10.5 Å². The van der Waals surface area contributed by atoms with Gasteiger partial charge in [0, 0.05) is 38.5 Å². The quantitative estimate of drug-likeness (QED) is 0.227. The Morgan fingerprint density at radius 1 is 0.452 bits per heavy atom. The number of rotatable bonds is 3. The maximum absolute atomic E-state index is 9.88. The summed E-state index contributed by atoms with van der Waals surface area (Å²) in [4.78, 5) is 0. The molecule has 6 aromatic carbocycles. The van der Waals surface area contributed by atoms with Crippen LogP contribution in [-0.2, 0) is 0 Å². The van der Waals surface area contributed by atoms with Gasteiger partial charge in [-0.2, -0.15) is 10.5 Å². The summed E-state index contributed by atoms with van der Waals surface area (Å²) in [6.45, 7) is 0. The number of aromatic nitrogens is 2. The predicted octanol–water partition coefficient (Wildman–Crippen LogP) is 9.29. The van der Waals surface area contributed by atoms with Gasteiger partial charge in [-0.3, -0.25) is 0 Å². The van der Waals surface area contributed by atoms with E-state index >= 15 is 0 Å². The van der Waals surface area contributed by atoms with Crippen LogP contribution >= 0.6 is 0 Å². The lowest BCUT2D eigenvalue weighted by Crippen LogP contribution is -1.97. The third-order valence-electron chi connectivity index (χ3n) is 8.18. The first kappa shape index (κ1) is 23.8. The average Bonchev–Trinajstić information content (AvgIpc) is 3.57. The van der Waals surface area contributed by atoms with Gasteiger partial charge in [0.05, 0.1) is 45.3 Å². The van der Waals surface area contributed by atoms with E-state index < -0.39 is 0 Å². The van der Waals surface area contributed by atoms with Gasteiger partial charge in [0.25, 0.3) is 0 Å². The van der Waals surface area contributed by atoms with Gasteiger partial charge >= 0.3 is 0 Å². The molecule has 0 aliphatic rings. The molecule has 0 N–H and O–H groups in total. The van der Waals surface area contributed by atoms with E-state index in [2.05, 4.69) is 118 Å². The van der Waals surface area contributed by atoms with Gasteiger partial charge in [-0.05, 0) is 60.2 Å². The molecule has 2 heterocycles. The number of para-hydroxylation sites is 3. The normalized spacial score (nSPS) is 11.3. The van der Waals surface area contributed by atoms with E-state index in [1.54, 1.807) is 18.2 Å². The van der Waals surface area contributed by atoms with Crippen molar-refractivity contribution in [2.24, 2.45) is 0 Å². The van der Waals surface area contributed by atoms with Crippen molar-refractivity contribution in [2.45, 2.75) is 0 Å². The van der Waals surface area contributed by atoms with Crippen molar-refractivity contribution >= 4 is 43.6 Å². The van der Waals surface area contributed by atoms with Crippen LogP contribution in [0.4, 0.5) is 0 Å². The molecule has 0 fully saturated rings. The van der Waals surface area contributed by atoms with Crippen molar-refractivity contribution in [1.82, 2.24) is 9.13 Å². The van der Waals surface area contributed by atoms with E-state index in [0.717, 1.165) is 39.0 Å². The Kier molecular flexibility index (Phi) is 5.22. The Balaban J connectivity index is 1.53. The summed E-state index contributed by atoms with van der Waals surface area (Å²) >= 11 is 0. The molecule has 0 aliphatic heterocycles. The molecule has 0 unspecified atom stereocenters. The second kappa shape index (κ2) is 9.24. The van der Waals surface area contributed by atoms with Crippen molar-refractivity contribution < 1.29 is 0 Å². The molecular weight excluding hydrogens is 512 g/mol. The van der Waals surface area contributed by atoms with Crippen LogP contribution in [0.25, 0.3) is 66.1 Å². The van der Waals surface area contributed by atoms with Crippen LogP contribution in [0.15, 0.2) is 133 Å². The first-order valence-electron chi connectivity index (χ1n) is 13.8. The summed E-state index contributed by atoms with van der Waals surface area (Å²) in [5.41, 5.74) is 9.08. The molecule has 0 saturated heterocycles. The fourth-order valence-corrected chi connectivity index (χ4v) is 6.48. The molecule has 0 spiro atoms. The Morgan fingerprint density at radius 2 is 1.07 bits per heavy atom. The summed E-state index contributed by atoms with van der Waals surface area (Å²) in [6.07, 6.45) is 0. The summed E-state index contributed by atoms with van der Waals surface area (Å²) in [5, 5.41) is 24.5. The highest BCUT2D eigenvalue weighted by Gasteiger charge is 2.21. The van der Waals surface area contributed by atoms with Gasteiger partial charge in [0.2, 0.25) is 0 Å². The standard InChI is InChI=1S/C38H22N4/c39-23-26-11-8-12-27(24-40)36(26)25-10-9-15-29(22-25)42-33-18-6-4-16-30(33)31-20-21-35-37(38(31)42)32-17-5-7-19-34(32)41(35)28-13-2-1-3-14-28/h1-22H. The van der Waals surface area contributed by atoms with Gasteiger partial charge in [0.15, 0.2) is 0 Å². The predicted molar refractivity (Wildman–Crippen MR) is 170 cm³/mol. The smallest absolute Gasteiger partial charge is 0.0998 e. The lowest BCUT2D eigenvalue weighted by atomic mass is 9.95. The Bertz CT molecular complexity index is 2400. The number of nitriles is 2. The molecule has 8 aromatic rings. The molecule has 0 radical (unpaired) electrons. The third kappa shape index (κ3) is 3.33. The zero-order chi connectivity index (χ0) is 28.2. The van der Waals surface area contributed by atoms with E-state index in [1.807, 2.05) is 18.2 Å². The minimum Gasteiger partial charge on any atom is -0.309 e. The van der Waals surface area contributed by atoms with Gasteiger partial charge in [-0.15, -0.1) is 0 Å².